The lowest BCUT2D eigenvalue weighted by atomic mass is 9.84. The molecule has 0 fully saturated rings. The highest BCUT2D eigenvalue weighted by Gasteiger charge is 2.17. The summed E-state index contributed by atoms with van der Waals surface area (Å²) in [5.41, 5.74) is 10.2. The van der Waals surface area contributed by atoms with Crippen molar-refractivity contribution in [3.05, 3.63) is 163 Å². The van der Waals surface area contributed by atoms with Crippen LogP contribution in [0.3, 0.4) is 0 Å². The molecule has 0 heteroatoms. The van der Waals surface area contributed by atoms with Gasteiger partial charge < -0.3 is 0 Å². The van der Waals surface area contributed by atoms with E-state index in [9.17, 15) is 0 Å². The van der Waals surface area contributed by atoms with E-state index in [4.69, 9.17) is 0 Å². The molecule has 198 valence electrons. The van der Waals surface area contributed by atoms with Crippen LogP contribution in [0.4, 0.5) is 0 Å². The molecule has 0 amide bonds. The van der Waals surface area contributed by atoms with Crippen molar-refractivity contribution < 1.29 is 0 Å². The molecule has 0 atom stereocenters. The highest BCUT2D eigenvalue weighted by atomic mass is 14.2. The van der Waals surface area contributed by atoms with Gasteiger partial charge in [0, 0.05) is 0 Å². The normalized spacial score (nSPS) is 13.1. The third-order valence-corrected chi connectivity index (χ3v) is 8.69. The van der Waals surface area contributed by atoms with Gasteiger partial charge >= 0.3 is 0 Å². The third kappa shape index (κ3) is 4.16. The zero-order valence-electron chi connectivity index (χ0n) is 23.4. The van der Waals surface area contributed by atoms with Crippen LogP contribution in [0.15, 0.2) is 158 Å². The van der Waals surface area contributed by atoms with Crippen molar-refractivity contribution in [2.75, 3.05) is 0 Å². The quantitative estimate of drug-likeness (QED) is 0.197. The highest BCUT2D eigenvalue weighted by molar-refractivity contribution is 6.23. The second-order valence-electron chi connectivity index (χ2n) is 11.2. The molecular formula is C42H30. The predicted octanol–water partition coefficient (Wildman–Crippen LogP) is 11.9. The van der Waals surface area contributed by atoms with E-state index in [1.54, 1.807) is 0 Å². The second-order valence-corrected chi connectivity index (χ2v) is 11.2. The number of allylic oxidation sites excluding steroid dienone is 4. The third-order valence-electron chi connectivity index (χ3n) is 8.69. The average molecular weight is 535 g/mol. The molecular weight excluding hydrogens is 504 g/mol. The summed E-state index contributed by atoms with van der Waals surface area (Å²) < 4.78 is 0. The van der Waals surface area contributed by atoms with E-state index < -0.39 is 0 Å². The minimum absolute atomic E-state index is 1.12. The van der Waals surface area contributed by atoms with E-state index in [2.05, 4.69) is 158 Å². The Morgan fingerprint density at radius 3 is 1.64 bits per heavy atom. The maximum Gasteiger partial charge on any atom is -0.00201 e. The Bertz CT molecular complexity index is 2110. The van der Waals surface area contributed by atoms with Crippen molar-refractivity contribution in [2.45, 2.75) is 12.8 Å². The first-order chi connectivity index (χ1) is 20.8. The molecule has 1 aliphatic rings. The molecule has 0 N–H and O–H groups in total. The lowest BCUT2D eigenvalue weighted by molar-refractivity contribution is 1.04. The zero-order chi connectivity index (χ0) is 27.9. The Balaban J connectivity index is 1.31. The van der Waals surface area contributed by atoms with Crippen LogP contribution in [-0.4, -0.2) is 0 Å². The molecule has 0 radical (unpaired) electrons. The highest BCUT2D eigenvalue weighted by Crippen LogP contribution is 2.45. The SMILES string of the molecule is C1=CC(c2cccc(-c3ccc(-c4c5ccccc5c(-c5cccc6ccccc56)c5ccccc45)cc3)c2)=CCC1. The smallest absolute Gasteiger partial charge is 0.00201 e. The number of benzene rings is 7. The van der Waals surface area contributed by atoms with Crippen LogP contribution in [0, 0.1) is 0 Å². The van der Waals surface area contributed by atoms with Gasteiger partial charge in [0.05, 0.1) is 0 Å². The number of hydrogen-bond acceptors (Lipinski definition) is 0. The number of hydrogen-bond donors (Lipinski definition) is 0. The summed E-state index contributed by atoms with van der Waals surface area (Å²) in [6.07, 6.45) is 9.13. The van der Waals surface area contributed by atoms with Crippen molar-refractivity contribution >= 4 is 37.9 Å². The van der Waals surface area contributed by atoms with Crippen molar-refractivity contribution in [3.8, 4) is 33.4 Å². The first kappa shape index (κ1) is 24.6. The molecule has 0 bridgehead atoms. The Morgan fingerprint density at radius 2 is 0.952 bits per heavy atom. The molecule has 1 aliphatic carbocycles. The van der Waals surface area contributed by atoms with Gasteiger partial charge in [0.25, 0.3) is 0 Å². The molecule has 0 saturated carbocycles. The maximum atomic E-state index is 2.35. The molecule has 7 aromatic carbocycles. The molecule has 0 saturated heterocycles. The van der Waals surface area contributed by atoms with Gasteiger partial charge in [-0.05, 0) is 95.7 Å². The van der Waals surface area contributed by atoms with E-state index in [1.165, 1.54) is 76.8 Å². The molecule has 0 heterocycles. The topological polar surface area (TPSA) is 0 Å². The fourth-order valence-electron chi connectivity index (χ4n) is 6.71. The Kier molecular flexibility index (Phi) is 6.04. The van der Waals surface area contributed by atoms with Crippen LogP contribution in [0.25, 0.3) is 71.3 Å². The molecule has 0 spiro atoms. The Morgan fingerprint density at radius 1 is 0.381 bits per heavy atom. The zero-order valence-corrected chi connectivity index (χ0v) is 23.4. The first-order valence-electron chi connectivity index (χ1n) is 14.8. The molecule has 42 heavy (non-hydrogen) atoms. The lowest BCUT2D eigenvalue weighted by Gasteiger charge is -2.19. The van der Waals surface area contributed by atoms with Crippen molar-refractivity contribution in [2.24, 2.45) is 0 Å². The summed E-state index contributed by atoms with van der Waals surface area (Å²) in [5.74, 6) is 0. The summed E-state index contributed by atoms with van der Waals surface area (Å²) in [6.45, 7) is 0. The molecule has 0 nitrogen and oxygen atoms in total. The molecule has 0 aromatic heterocycles. The van der Waals surface area contributed by atoms with Crippen LogP contribution in [-0.2, 0) is 0 Å². The van der Waals surface area contributed by atoms with Gasteiger partial charge in [-0.1, -0.05) is 152 Å². The average Bonchev–Trinajstić information content (AvgIpc) is 3.07. The van der Waals surface area contributed by atoms with Crippen LogP contribution in [0.1, 0.15) is 18.4 Å². The van der Waals surface area contributed by atoms with Crippen LogP contribution < -0.4 is 0 Å². The number of rotatable bonds is 4. The van der Waals surface area contributed by atoms with E-state index >= 15 is 0 Å². The van der Waals surface area contributed by atoms with E-state index in [1.807, 2.05) is 0 Å². The second kappa shape index (κ2) is 10.3. The van der Waals surface area contributed by atoms with Gasteiger partial charge in [-0.25, -0.2) is 0 Å². The van der Waals surface area contributed by atoms with E-state index in [0.29, 0.717) is 0 Å². The maximum absolute atomic E-state index is 2.35. The van der Waals surface area contributed by atoms with Gasteiger partial charge in [-0.3, -0.25) is 0 Å². The lowest BCUT2D eigenvalue weighted by Crippen LogP contribution is -1.91. The van der Waals surface area contributed by atoms with E-state index in [-0.39, 0.29) is 0 Å². The first-order valence-corrected chi connectivity index (χ1v) is 14.8. The summed E-state index contributed by atoms with van der Waals surface area (Å²) in [5, 5.41) is 7.69. The van der Waals surface area contributed by atoms with Crippen molar-refractivity contribution in [1.82, 2.24) is 0 Å². The monoisotopic (exact) mass is 534 g/mol. The van der Waals surface area contributed by atoms with Crippen LogP contribution >= 0.6 is 0 Å². The van der Waals surface area contributed by atoms with Crippen molar-refractivity contribution in [1.29, 1.82) is 0 Å². The standard InChI is InChI=1S/C42H30/c1-2-12-29(13-3-1)33-16-10-17-34(28-33)30-24-26-32(27-25-30)41-37-19-6-8-21-39(37)42(40-22-9-7-20-38(40)41)36-23-11-15-31-14-4-5-18-35(31)36/h2,4-28H,1,3H2. The van der Waals surface area contributed by atoms with Gasteiger partial charge in [0.15, 0.2) is 0 Å². The Hall–Kier alpha value is -5.20. The largest absolute Gasteiger partial charge is 0.0836 e. The minimum atomic E-state index is 1.12. The van der Waals surface area contributed by atoms with Gasteiger partial charge in [0.2, 0.25) is 0 Å². The minimum Gasteiger partial charge on any atom is -0.0836 e. The molecule has 0 aliphatic heterocycles. The summed E-state index contributed by atoms with van der Waals surface area (Å²) in [7, 11) is 0. The molecule has 8 rings (SSSR count). The van der Waals surface area contributed by atoms with E-state index in [0.717, 1.165) is 12.8 Å². The van der Waals surface area contributed by atoms with Crippen LogP contribution in [0.2, 0.25) is 0 Å². The van der Waals surface area contributed by atoms with Crippen molar-refractivity contribution in [3.63, 3.8) is 0 Å². The van der Waals surface area contributed by atoms with Gasteiger partial charge in [-0.15, -0.1) is 0 Å². The molecule has 7 aromatic rings. The van der Waals surface area contributed by atoms with Crippen LogP contribution in [0.5, 0.6) is 0 Å². The van der Waals surface area contributed by atoms with Gasteiger partial charge in [0.1, 0.15) is 0 Å². The summed E-state index contributed by atoms with van der Waals surface area (Å²) in [6, 6.07) is 51.3. The van der Waals surface area contributed by atoms with Gasteiger partial charge in [-0.2, -0.15) is 0 Å². The fourth-order valence-corrected chi connectivity index (χ4v) is 6.71. The Labute approximate surface area is 246 Å². The summed E-state index contributed by atoms with van der Waals surface area (Å²) in [4.78, 5) is 0. The fraction of sp³-hybridized carbons (Fsp3) is 0.0476. The molecule has 0 unspecified atom stereocenters. The predicted molar refractivity (Wildman–Crippen MR) is 182 cm³/mol. The number of fused-ring (bicyclic) bond motifs is 3. The summed E-state index contributed by atoms with van der Waals surface area (Å²) >= 11 is 0.